The molecule has 0 aliphatic rings. The average Bonchev–Trinajstić information content (AvgIpc) is 2.41. The molecule has 0 saturated carbocycles. The molecular formula is C10H16N2O3. The van der Waals surface area contributed by atoms with Gasteiger partial charge in [-0.05, 0) is 27.7 Å². The van der Waals surface area contributed by atoms with Crippen molar-refractivity contribution in [2.75, 3.05) is 0 Å². The lowest BCUT2D eigenvalue weighted by molar-refractivity contribution is -0.147. The summed E-state index contributed by atoms with van der Waals surface area (Å²) in [6.45, 7) is 7.38. The number of aliphatic hydroxyl groups excluding tert-OH is 1. The molecular weight excluding hydrogens is 196 g/mol. The van der Waals surface area contributed by atoms with Gasteiger partial charge in [-0.2, -0.15) is 5.10 Å². The zero-order chi connectivity index (χ0) is 11.7. The number of rotatable bonds is 3. The maximum atomic E-state index is 10.7. The predicted molar refractivity (Wildman–Crippen MR) is 54.7 cm³/mol. The first-order chi connectivity index (χ1) is 6.86. The standard InChI is InChI=1S/C10H16N2O3/c1-5(2)12-7(4)8(6(3)11-12)9(13)10(14)15/h5,9,13H,1-4H3,(H,14,15). The molecule has 1 rings (SSSR count). The molecule has 84 valence electrons. The Balaban J connectivity index is 3.25. The Kier molecular flexibility index (Phi) is 3.14. The van der Waals surface area contributed by atoms with Crippen LogP contribution < -0.4 is 0 Å². The Morgan fingerprint density at radius 3 is 2.27 bits per heavy atom. The Morgan fingerprint density at radius 2 is 1.93 bits per heavy atom. The predicted octanol–water partition coefficient (Wildman–Crippen LogP) is 1.20. The number of carbonyl (C=O) groups is 1. The number of carboxylic acid groups (broad SMARTS) is 1. The summed E-state index contributed by atoms with van der Waals surface area (Å²) in [6, 6.07) is 0.151. The van der Waals surface area contributed by atoms with Gasteiger partial charge in [0.05, 0.1) is 5.69 Å². The minimum Gasteiger partial charge on any atom is -0.479 e. The van der Waals surface area contributed by atoms with Crippen LogP contribution in [0.5, 0.6) is 0 Å². The summed E-state index contributed by atoms with van der Waals surface area (Å²) in [7, 11) is 0. The molecule has 0 saturated heterocycles. The summed E-state index contributed by atoms with van der Waals surface area (Å²) in [5.41, 5.74) is 1.67. The first kappa shape index (κ1) is 11.7. The number of aliphatic hydroxyl groups is 1. The molecule has 5 heteroatoms. The second-order valence-corrected chi connectivity index (χ2v) is 3.86. The topological polar surface area (TPSA) is 75.3 Å². The largest absolute Gasteiger partial charge is 0.479 e. The van der Waals surface area contributed by atoms with Crippen molar-refractivity contribution in [3.05, 3.63) is 17.0 Å². The maximum Gasteiger partial charge on any atom is 0.337 e. The van der Waals surface area contributed by atoms with Gasteiger partial charge in [0.1, 0.15) is 0 Å². The first-order valence-corrected chi connectivity index (χ1v) is 4.82. The highest BCUT2D eigenvalue weighted by Crippen LogP contribution is 2.23. The molecule has 1 unspecified atom stereocenters. The summed E-state index contributed by atoms with van der Waals surface area (Å²) in [5.74, 6) is -1.25. The Hall–Kier alpha value is -1.36. The SMILES string of the molecule is Cc1nn(C(C)C)c(C)c1C(O)C(=O)O. The summed E-state index contributed by atoms with van der Waals surface area (Å²) < 4.78 is 1.72. The molecule has 1 aromatic rings. The fourth-order valence-corrected chi connectivity index (χ4v) is 1.70. The van der Waals surface area contributed by atoms with Gasteiger partial charge in [0.15, 0.2) is 6.10 Å². The normalized spacial score (nSPS) is 13.2. The van der Waals surface area contributed by atoms with Gasteiger partial charge < -0.3 is 10.2 Å². The van der Waals surface area contributed by atoms with Crippen LogP contribution in [-0.4, -0.2) is 26.0 Å². The Labute approximate surface area is 88.3 Å². The molecule has 0 aliphatic carbocycles. The number of hydrogen-bond donors (Lipinski definition) is 2. The average molecular weight is 212 g/mol. The minimum atomic E-state index is -1.49. The fourth-order valence-electron chi connectivity index (χ4n) is 1.70. The van der Waals surface area contributed by atoms with Crippen molar-refractivity contribution in [2.24, 2.45) is 0 Å². The number of carboxylic acids is 1. The highest BCUT2D eigenvalue weighted by Gasteiger charge is 2.24. The summed E-state index contributed by atoms with van der Waals surface area (Å²) in [6.07, 6.45) is -1.49. The third-order valence-electron chi connectivity index (χ3n) is 2.38. The van der Waals surface area contributed by atoms with Gasteiger partial charge >= 0.3 is 5.97 Å². The molecule has 0 aromatic carbocycles. The van der Waals surface area contributed by atoms with E-state index in [0.29, 0.717) is 17.0 Å². The third kappa shape index (κ3) is 2.02. The van der Waals surface area contributed by atoms with E-state index >= 15 is 0 Å². The highest BCUT2D eigenvalue weighted by atomic mass is 16.4. The smallest absolute Gasteiger partial charge is 0.337 e. The van der Waals surface area contributed by atoms with Crippen LogP contribution in [0.4, 0.5) is 0 Å². The van der Waals surface area contributed by atoms with E-state index in [2.05, 4.69) is 5.10 Å². The lowest BCUT2D eigenvalue weighted by atomic mass is 10.1. The molecule has 0 spiro atoms. The number of aliphatic carboxylic acids is 1. The van der Waals surface area contributed by atoms with Crippen LogP contribution in [0.3, 0.4) is 0 Å². The quantitative estimate of drug-likeness (QED) is 0.789. The van der Waals surface area contributed by atoms with Crippen molar-refractivity contribution in [3.8, 4) is 0 Å². The van der Waals surface area contributed by atoms with Gasteiger partial charge in [-0.25, -0.2) is 4.79 Å². The van der Waals surface area contributed by atoms with Crippen molar-refractivity contribution in [1.82, 2.24) is 9.78 Å². The molecule has 0 radical (unpaired) electrons. The van der Waals surface area contributed by atoms with Gasteiger partial charge in [0.2, 0.25) is 0 Å². The van der Waals surface area contributed by atoms with Crippen molar-refractivity contribution >= 4 is 5.97 Å². The molecule has 1 atom stereocenters. The molecule has 0 aliphatic heterocycles. The molecule has 5 nitrogen and oxygen atoms in total. The van der Waals surface area contributed by atoms with E-state index < -0.39 is 12.1 Å². The molecule has 0 amide bonds. The molecule has 15 heavy (non-hydrogen) atoms. The van der Waals surface area contributed by atoms with Crippen LogP contribution in [0, 0.1) is 13.8 Å². The van der Waals surface area contributed by atoms with Gasteiger partial charge in [0.25, 0.3) is 0 Å². The molecule has 0 bridgehead atoms. The van der Waals surface area contributed by atoms with Crippen molar-refractivity contribution < 1.29 is 15.0 Å². The van der Waals surface area contributed by atoms with Crippen LogP contribution in [0.25, 0.3) is 0 Å². The van der Waals surface area contributed by atoms with Crippen LogP contribution >= 0.6 is 0 Å². The van der Waals surface area contributed by atoms with Crippen molar-refractivity contribution in [1.29, 1.82) is 0 Å². The molecule has 2 N–H and O–H groups in total. The van der Waals surface area contributed by atoms with Gasteiger partial charge in [-0.15, -0.1) is 0 Å². The van der Waals surface area contributed by atoms with Crippen LogP contribution in [0.1, 0.15) is 42.9 Å². The number of aromatic nitrogens is 2. The third-order valence-corrected chi connectivity index (χ3v) is 2.38. The van der Waals surface area contributed by atoms with E-state index in [1.165, 1.54) is 0 Å². The van der Waals surface area contributed by atoms with Gasteiger partial charge in [0, 0.05) is 17.3 Å². The van der Waals surface area contributed by atoms with E-state index in [4.69, 9.17) is 5.11 Å². The molecule has 1 aromatic heterocycles. The van der Waals surface area contributed by atoms with Crippen LogP contribution in [-0.2, 0) is 4.79 Å². The summed E-state index contributed by atoms with van der Waals surface area (Å²) >= 11 is 0. The van der Waals surface area contributed by atoms with Crippen LogP contribution in [0.15, 0.2) is 0 Å². The molecule has 0 fully saturated rings. The van der Waals surface area contributed by atoms with Gasteiger partial charge in [-0.1, -0.05) is 0 Å². The maximum absolute atomic E-state index is 10.7. The van der Waals surface area contributed by atoms with E-state index in [-0.39, 0.29) is 6.04 Å². The summed E-state index contributed by atoms with van der Waals surface area (Å²) in [4.78, 5) is 10.7. The zero-order valence-electron chi connectivity index (χ0n) is 9.35. The number of nitrogens with zero attached hydrogens (tertiary/aromatic N) is 2. The van der Waals surface area contributed by atoms with Crippen molar-refractivity contribution in [3.63, 3.8) is 0 Å². The van der Waals surface area contributed by atoms with E-state index in [0.717, 1.165) is 0 Å². The fraction of sp³-hybridized carbons (Fsp3) is 0.600. The number of hydrogen-bond acceptors (Lipinski definition) is 3. The van der Waals surface area contributed by atoms with Crippen LogP contribution in [0.2, 0.25) is 0 Å². The first-order valence-electron chi connectivity index (χ1n) is 4.82. The minimum absolute atomic E-state index is 0.151. The van der Waals surface area contributed by atoms with E-state index in [9.17, 15) is 9.90 Å². The van der Waals surface area contributed by atoms with Gasteiger partial charge in [-0.3, -0.25) is 4.68 Å². The lowest BCUT2D eigenvalue weighted by Gasteiger charge is -2.09. The lowest BCUT2D eigenvalue weighted by Crippen LogP contribution is -2.13. The monoisotopic (exact) mass is 212 g/mol. The number of aryl methyl sites for hydroxylation is 1. The summed E-state index contributed by atoms with van der Waals surface area (Å²) in [5, 5.41) is 22.5. The highest BCUT2D eigenvalue weighted by molar-refractivity contribution is 5.74. The van der Waals surface area contributed by atoms with E-state index in [1.54, 1.807) is 18.5 Å². The Morgan fingerprint density at radius 1 is 1.40 bits per heavy atom. The van der Waals surface area contributed by atoms with Crippen molar-refractivity contribution in [2.45, 2.75) is 39.8 Å². The second-order valence-electron chi connectivity index (χ2n) is 3.86. The van der Waals surface area contributed by atoms with E-state index in [1.807, 2.05) is 13.8 Å². The Bertz CT molecular complexity index is 382. The zero-order valence-corrected chi connectivity index (χ0v) is 9.35. The second kappa shape index (κ2) is 4.02. The molecule has 1 heterocycles.